The monoisotopic (exact) mass is 278 g/mol. The predicted molar refractivity (Wildman–Crippen MR) is 73.9 cm³/mol. The Morgan fingerprint density at radius 3 is 2.41 bits per heavy atom. The maximum Gasteiger partial charge on any atom is 0.163 e. The van der Waals surface area contributed by atoms with Gasteiger partial charge in [-0.2, -0.15) is 0 Å². The van der Waals surface area contributed by atoms with Crippen molar-refractivity contribution in [2.24, 2.45) is 0 Å². The van der Waals surface area contributed by atoms with Gasteiger partial charge in [0.1, 0.15) is 6.10 Å². The Kier molecular flexibility index (Phi) is 9.22. The van der Waals surface area contributed by atoms with Gasteiger partial charge in [0.05, 0.1) is 13.2 Å². The predicted octanol–water partition coefficient (Wildman–Crippen LogP) is 0.169. The van der Waals surface area contributed by atoms with Crippen LogP contribution in [0.3, 0.4) is 0 Å². The molecular weight excluding hydrogens is 252 g/mol. The highest BCUT2D eigenvalue weighted by Crippen LogP contribution is 2.13. The van der Waals surface area contributed by atoms with Crippen LogP contribution in [0.25, 0.3) is 0 Å². The van der Waals surface area contributed by atoms with Gasteiger partial charge in [-0.25, -0.2) is 0 Å². The Bertz CT molecular complexity index is 171. The molecular formula is C11H26O4Si2. The van der Waals surface area contributed by atoms with E-state index in [1.165, 1.54) is 6.42 Å². The van der Waals surface area contributed by atoms with Gasteiger partial charge in [-0.05, 0) is 31.9 Å². The van der Waals surface area contributed by atoms with Crippen molar-refractivity contribution in [3.63, 3.8) is 0 Å². The van der Waals surface area contributed by atoms with Crippen molar-refractivity contribution in [1.29, 1.82) is 0 Å². The topological polar surface area (TPSA) is 40.2 Å². The van der Waals surface area contributed by atoms with E-state index >= 15 is 0 Å². The number of epoxide rings is 1. The third kappa shape index (κ3) is 8.93. The van der Waals surface area contributed by atoms with Crippen LogP contribution in [0.5, 0.6) is 0 Å². The molecule has 0 spiro atoms. The van der Waals surface area contributed by atoms with E-state index in [0.29, 0.717) is 6.10 Å². The molecule has 0 radical (unpaired) electrons. The van der Waals surface area contributed by atoms with Crippen LogP contribution in [0.2, 0.25) is 5.16 Å². The van der Waals surface area contributed by atoms with Gasteiger partial charge in [-0.15, -0.1) is 0 Å². The molecule has 1 heterocycles. The highest BCUT2D eigenvalue weighted by Gasteiger charge is 2.22. The van der Waals surface area contributed by atoms with Crippen LogP contribution in [-0.2, 0) is 18.3 Å². The minimum atomic E-state index is -0.376. The first-order chi connectivity index (χ1) is 8.36. The van der Waals surface area contributed by atoms with Crippen LogP contribution in [0.4, 0.5) is 0 Å². The lowest BCUT2D eigenvalue weighted by atomic mass is 10.3. The molecule has 1 unspecified atom stereocenters. The van der Waals surface area contributed by atoms with E-state index in [1.807, 2.05) is 0 Å². The number of rotatable bonds is 12. The SMILES string of the molecule is CCO[SiH2]C(CCCOCC1CO1)[SiH2]OCC. The molecule has 0 saturated carbocycles. The first-order valence-corrected chi connectivity index (χ1v) is 9.50. The molecule has 102 valence electrons. The molecule has 6 heteroatoms. The van der Waals surface area contributed by atoms with Crippen LogP contribution < -0.4 is 0 Å². The normalized spacial score (nSPS) is 21.9. The lowest BCUT2D eigenvalue weighted by molar-refractivity contribution is 0.113. The van der Waals surface area contributed by atoms with Crippen molar-refractivity contribution in [3.8, 4) is 0 Å². The molecule has 0 aromatic carbocycles. The number of ether oxygens (including phenoxy) is 2. The van der Waals surface area contributed by atoms with Crippen molar-refractivity contribution in [1.82, 2.24) is 0 Å². The fraction of sp³-hybridized carbons (Fsp3) is 1.00. The van der Waals surface area contributed by atoms with Crippen LogP contribution in [0, 0.1) is 0 Å². The average molecular weight is 278 g/mol. The van der Waals surface area contributed by atoms with Gasteiger partial charge >= 0.3 is 0 Å². The summed E-state index contributed by atoms with van der Waals surface area (Å²) >= 11 is 0. The Morgan fingerprint density at radius 1 is 1.24 bits per heavy atom. The van der Waals surface area contributed by atoms with Gasteiger partial charge in [0.15, 0.2) is 19.5 Å². The van der Waals surface area contributed by atoms with Gasteiger partial charge < -0.3 is 18.3 Å². The van der Waals surface area contributed by atoms with E-state index in [4.69, 9.17) is 18.3 Å². The lowest BCUT2D eigenvalue weighted by Crippen LogP contribution is -2.18. The summed E-state index contributed by atoms with van der Waals surface area (Å²) < 4.78 is 21.9. The van der Waals surface area contributed by atoms with E-state index in [2.05, 4.69) is 13.8 Å². The zero-order valence-electron chi connectivity index (χ0n) is 11.2. The Balaban J connectivity index is 1.95. The third-order valence-electron chi connectivity index (χ3n) is 2.72. The van der Waals surface area contributed by atoms with Gasteiger partial charge in [0.2, 0.25) is 0 Å². The lowest BCUT2D eigenvalue weighted by Gasteiger charge is -2.15. The molecule has 0 N–H and O–H groups in total. The molecule has 1 fully saturated rings. The Morgan fingerprint density at radius 2 is 1.88 bits per heavy atom. The first-order valence-electron chi connectivity index (χ1n) is 6.71. The largest absolute Gasteiger partial charge is 0.424 e. The van der Waals surface area contributed by atoms with E-state index in [9.17, 15) is 0 Å². The molecule has 0 bridgehead atoms. The van der Waals surface area contributed by atoms with E-state index in [0.717, 1.165) is 44.6 Å². The fourth-order valence-corrected chi connectivity index (χ4v) is 5.07. The molecule has 4 nitrogen and oxygen atoms in total. The van der Waals surface area contributed by atoms with E-state index in [-0.39, 0.29) is 19.5 Å². The molecule has 0 aliphatic carbocycles. The molecule has 0 aromatic heterocycles. The van der Waals surface area contributed by atoms with Crippen molar-refractivity contribution >= 4 is 19.5 Å². The minimum Gasteiger partial charge on any atom is -0.424 e. The second-order valence-electron chi connectivity index (χ2n) is 4.36. The van der Waals surface area contributed by atoms with Crippen LogP contribution in [0.15, 0.2) is 0 Å². The van der Waals surface area contributed by atoms with Gasteiger partial charge in [0.25, 0.3) is 0 Å². The highest BCUT2D eigenvalue weighted by atomic mass is 28.3. The molecule has 1 aliphatic heterocycles. The summed E-state index contributed by atoms with van der Waals surface area (Å²) in [5.74, 6) is 0. The van der Waals surface area contributed by atoms with Crippen LogP contribution in [0.1, 0.15) is 26.7 Å². The maximum atomic E-state index is 5.63. The second-order valence-corrected chi connectivity index (χ2v) is 9.30. The van der Waals surface area contributed by atoms with Crippen molar-refractivity contribution in [3.05, 3.63) is 0 Å². The fourth-order valence-electron chi connectivity index (χ4n) is 1.64. The zero-order chi connectivity index (χ0) is 12.3. The van der Waals surface area contributed by atoms with Gasteiger partial charge in [-0.1, -0.05) is 0 Å². The Labute approximate surface area is 109 Å². The summed E-state index contributed by atoms with van der Waals surface area (Å²) in [6.45, 7) is 8.39. The standard InChI is InChI=1S/C11H26O4Si2/c1-3-14-16-11(17-15-4-2)6-5-7-12-8-10-9-13-10/h10-11H,3-9,16-17H2,1-2H3. The smallest absolute Gasteiger partial charge is 0.163 e. The van der Waals surface area contributed by atoms with Crippen LogP contribution >= 0.6 is 0 Å². The zero-order valence-corrected chi connectivity index (χ0v) is 14.0. The average Bonchev–Trinajstić information content (AvgIpc) is 3.15. The number of hydrogen-bond donors (Lipinski definition) is 0. The van der Waals surface area contributed by atoms with Gasteiger partial charge in [-0.3, -0.25) is 0 Å². The summed E-state index contributed by atoms with van der Waals surface area (Å²) in [5.41, 5.74) is 0. The summed E-state index contributed by atoms with van der Waals surface area (Å²) in [6.07, 6.45) is 2.75. The summed E-state index contributed by atoms with van der Waals surface area (Å²) in [5, 5.41) is 0.774. The first kappa shape index (κ1) is 15.3. The van der Waals surface area contributed by atoms with E-state index < -0.39 is 0 Å². The molecule has 1 saturated heterocycles. The second kappa shape index (κ2) is 10.2. The van der Waals surface area contributed by atoms with E-state index in [1.54, 1.807) is 0 Å². The molecule has 0 aromatic rings. The third-order valence-corrected chi connectivity index (χ3v) is 7.18. The molecule has 1 aliphatic rings. The maximum absolute atomic E-state index is 5.63. The van der Waals surface area contributed by atoms with Gasteiger partial charge in [0, 0.05) is 19.8 Å². The highest BCUT2D eigenvalue weighted by molar-refractivity contribution is 6.51. The number of hydrogen-bond acceptors (Lipinski definition) is 4. The van der Waals surface area contributed by atoms with Crippen molar-refractivity contribution in [2.75, 3.05) is 33.0 Å². The molecule has 17 heavy (non-hydrogen) atoms. The van der Waals surface area contributed by atoms with Crippen molar-refractivity contribution < 1.29 is 18.3 Å². The quantitative estimate of drug-likeness (QED) is 0.290. The molecule has 0 amide bonds. The van der Waals surface area contributed by atoms with Crippen LogP contribution in [-0.4, -0.2) is 58.7 Å². The summed E-state index contributed by atoms with van der Waals surface area (Å²) in [6, 6.07) is 0. The summed E-state index contributed by atoms with van der Waals surface area (Å²) in [7, 11) is -0.752. The molecule has 1 atom stereocenters. The summed E-state index contributed by atoms with van der Waals surface area (Å²) in [4.78, 5) is 0. The van der Waals surface area contributed by atoms with Crippen molar-refractivity contribution in [2.45, 2.75) is 38.0 Å². The minimum absolute atomic E-state index is 0.376. The molecule has 1 rings (SSSR count). The Hall–Kier alpha value is 0.274.